The minimum atomic E-state index is -2.68. The summed E-state index contributed by atoms with van der Waals surface area (Å²) in [5.74, 6) is -5.28. The van der Waals surface area contributed by atoms with Crippen LogP contribution in [0.25, 0.3) is 5.76 Å². The van der Waals surface area contributed by atoms with E-state index in [1.54, 1.807) is 62.4 Å². The second-order valence-corrected chi connectivity index (χ2v) is 11.2. The molecule has 50 heavy (non-hydrogen) atoms. The van der Waals surface area contributed by atoms with E-state index in [0.717, 1.165) is 16.9 Å². The highest BCUT2D eigenvalue weighted by molar-refractivity contribution is 6.57. The van der Waals surface area contributed by atoms with Crippen molar-refractivity contribution < 1.29 is 43.3 Å². The van der Waals surface area contributed by atoms with E-state index < -0.39 is 57.5 Å². The van der Waals surface area contributed by atoms with Crippen LogP contribution in [0.1, 0.15) is 29.8 Å². The largest absolute Gasteiger partial charge is 0.507 e. The Balaban J connectivity index is 1.77. The van der Waals surface area contributed by atoms with Gasteiger partial charge in [0.1, 0.15) is 23.0 Å². The molecule has 2 heterocycles. The van der Waals surface area contributed by atoms with Crippen molar-refractivity contribution in [3.63, 3.8) is 0 Å². The molecule has 4 aromatic rings. The highest BCUT2D eigenvalue weighted by atomic mass is 16.5. The van der Waals surface area contributed by atoms with Crippen molar-refractivity contribution in [3.05, 3.63) is 137 Å². The number of ether oxygens (including phenoxy) is 3. The molecule has 11 nitrogen and oxygen atoms in total. The number of carbonyl (C=O) groups excluding carboxylic acids is 5. The maximum absolute atomic E-state index is 15.5. The second-order valence-electron chi connectivity index (χ2n) is 11.2. The molecule has 0 aliphatic carbocycles. The molecule has 1 N–H and O–H groups in total. The third-order valence-corrected chi connectivity index (χ3v) is 8.39. The smallest absolute Gasteiger partial charge is 0.355 e. The highest BCUT2D eigenvalue weighted by Gasteiger charge is 2.71. The molecule has 0 bridgehead atoms. The number of hydrogen-bond donors (Lipinski definition) is 1. The summed E-state index contributed by atoms with van der Waals surface area (Å²) in [5, 5.41) is 12.0. The van der Waals surface area contributed by atoms with Gasteiger partial charge in [-0.1, -0.05) is 60.7 Å². The number of aliphatic hydroxyl groups excluding tert-OH is 1. The van der Waals surface area contributed by atoms with Crippen molar-refractivity contribution in [1.82, 2.24) is 0 Å². The molecule has 2 aliphatic rings. The summed E-state index contributed by atoms with van der Waals surface area (Å²) in [6.07, 6.45) is 0. The Labute approximate surface area is 287 Å². The third-order valence-electron chi connectivity index (χ3n) is 8.39. The molecule has 6 rings (SSSR count). The fraction of sp³-hybridized carbons (Fsp3) is 0.154. The van der Waals surface area contributed by atoms with Crippen LogP contribution >= 0.6 is 0 Å². The number of hydrogen-bond acceptors (Lipinski definition) is 9. The first-order chi connectivity index (χ1) is 24.2. The lowest BCUT2D eigenvalue weighted by Gasteiger charge is -2.35. The van der Waals surface area contributed by atoms with Gasteiger partial charge in [-0.15, -0.1) is 0 Å². The van der Waals surface area contributed by atoms with Crippen LogP contribution < -0.4 is 19.3 Å². The minimum absolute atomic E-state index is 0.0205. The number of anilines is 2. The zero-order valence-electron chi connectivity index (χ0n) is 27.4. The molecule has 252 valence electrons. The molecule has 11 heteroatoms. The van der Waals surface area contributed by atoms with E-state index in [1.165, 1.54) is 60.7 Å². The van der Waals surface area contributed by atoms with Crippen LogP contribution in [0.4, 0.5) is 11.4 Å². The number of ketones is 2. The number of rotatable bonds is 10. The number of esters is 1. The second kappa shape index (κ2) is 13.6. The number of Topliss-reactive ketones (excluding diaryl/α,β-unsaturated/α-hetero) is 2. The van der Waals surface area contributed by atoms with E-state index in [9.17, 15) is 24.3 Å². The first kappa shape index (κ1) is 33.4. The van der Waals surface area contributed by atoms with Crippen molar-refractivity contribution in [3.8, 4) is 11.5 Å². The molecular formula is C39H32N2O9. The summed E-state index contributed by atoms with van der Waals surface area (Å²) < 4.78 is 16.3. The SMILES string of the molecule is CCOc1ccc(N2C(=O)C3(C(=C(O)c4ccccc4)C(=O)C(=O)N3c3ccc(OCC)cc3)C(C(=O)c3ccccc3)=C2C(=O)OC)cc1. The molecule has 0 saturated carbocycles. The molecule has 4 aromatic carbocycles. The Morgan fingerprint density at radius 2 is 1.20 bits per heavy atom. The Hall–Kier alpha value is -6.49. The average Bonchev–Trinajstić information content (AvgIpc) is 3.54. The Bertz CT molecular complexity index is 2050. The van der Waals surface area contributed by atoms with Gasteiger partial charge in [-0.2, -0.15) is 0 Å². The summed E-state index contributed by atoms with van der Waals surface area (Å²) in [4.78, 5) is 74.8. The van der Waals surface area contributed by atoms with E-state index in [2.05, 4.69) is 0 Å². The van der Waals surface area contributed by atoms with E-state index in [-0.39, 0.29) is 22.5 Å². The number of aliphatic hydroxyl groups is 1. The van der Waals surface area contributed by atoms with E-state index in [1.807, 2.05) is 0 Å². The zero-order valence-corrected chi connectivity index (χ0v) is 27.4. The molecule has 1 unspecified atom stereocenters. The summed E-state index contributed by atoms with van der Waals surface area (Å²) in [6, 6.07) is 27.8. The van der Waals surface area contributed by atoms with Gasteiger partial charge in [0.15, 0.2) is 11.3 Å². The summed E-state index contributed by atoms with van der Waals surface area (Å²) in [7, 11) is 1.08. The van der Waals surface area contributed by atoms with Gasteiger partial charge in [0.2, 0.25) is 0 Å². The fourth-order valence-electron chi connectivity index (χ4n) is 6.32. The van der Waals surface area contributed by atoms with Gasteiger partial charge in [0.05, 0.1) is 31.5 Å². The van der Waals surface area contributed by atoms with Crippen molar-refractivity contribution >= 4 is 46.5 Å². The highest BCUT2D eigenvalue weighted by Crippen LogP contribution is 2.53. The molecule has 0 aromatic heterocycles. The Morgan fingerprint density at radius 1 is 0.700 bits per heavy atom. The van der Waals surface area contributed by atoms with E-state index in [0.29, 0.717) is 24.7 Å². The number of amides is 2. The monoisotopic (exact) mass is 672 g/mol. The summed E-state index contributed by atoms with van der Waals surface area (Å²) in [6.45, 7) is 4.31. The van der Waals surface area contributed by atoms with Crippen molar-refractivity contribution in [2.75, 3.05) is 30.1 Å². The fourth-order valence-corrected chi connectivity index (χ4v) is 6.32. The Kier molecular flexibility index (Phi) is 9.06. The van der Waals surface area contributed by atoms with Crippen molar-refractivity contribution in [1.29, 1.82) is 0 Å². The molecule has 1 spiro atoms. The van der Waals surface area contributed by atoms with Gasteiger partial charge >= 0.3 is 11.9 Å². The quantitative estimate of drug-likeness (QED) is 0.0764. The maximum atomic E-state index is 15.5. The lowest BCUT2D eigenvalue weighted by Crippen LogP contribution is -2.56. The minimum Gasteiger partial charge on any atom is -0.507 e. The summed E-state index contributed by atoms with van der Waals surface area (Å²) in [5.41, 5.74) is -4.21. The standard InChI is InChI=1S/C39H32N2O9/c1-4-49-28-20-16-26(17-21-28)40-32(37(46)48-3)30(33(42)24-12-8-6-9-13-24)39(38(40)47)31(34(43)25-14-10-7-11-15-25)35(44)36(45)41(39)27-18-22-29(23-19-27)50-5-2/h6-23,43H,4-5H2,1-3H3. The van der Waals surface area contributed by atoms with Gasteiger partial charge in [0.25, 0.3) is 11.7 Å². The summed E-state index contributed by atoms with van der Waals surface area (Å²) >= 11 is 0. The van der Waals surface area contributed by atoms with Crippen LogP contribution in [-0.2, 0) is 23.9 Å². The average molecular weight is 673 g/mol. The lowest BCUT2D eigenvalue weighted by atomic mass is 9.77. The first-order valence-corrected chi connectivity index (χ1v) is 15.8. The van der Waals surface area contributed by atoms with Gasteiger partial charge in [-0.25, -0.2) is 4.79 Å². The lowest BCUT2D eigenvalue weighted by molar-refractivity contribution is -0.136. The van der Waals surface area contributed by atoms with Crippen LogP contribution in [0.5, 0.6) is 11.5 Å². The number of carbonyl (C=O) groups is 5. The van der Waals surface area contributed by atoms with Crippen LogP contribution in [0.15, 0.2) is 126 Å². The van der Waals surface area contributed by atoms with Gasteiger partial charge in [-0.3, -0.25) is 29.0 Å². The predicted molar refractivity (Wildman–Crippen MR) is 184 cm³/mol. The third kappa shape index (κ3) is 5.29. The Morgan fingerprint density at radius 3 is 1.70 bits per heavy atom. The van der Waals surface area contributed by atoms with E-state index >= 15 is 4.79 Å². The molecular weight excluding hydrogens is 640 g/mol. The number of methoxy groups -OCH3 is 1. The van der Waals surface area contributed by atoms with Gasteiger partial charge < -0.3 is 19.3 Å². The molecule has 1 saturated heterocycles. The van der Waals surface area contributed by atoms with Crippen LogP contribution in [0, 0.1) is 0 Å². The van der Waals surface area contributed by atoms with E-state index in [4.69, 9.17) is 14.2 Å². The molecule has 1 atom stereocenters. The number of nitrogens with zero attached hydrogens (tertiary/aromatic N) is 2. The predicted octanol–water partition coefficient (Wildman–Crippen LogP) is 5.46. The number of benzene rings is 4. The van der Waals surface area contributed by atoms with Crippen molar-refractivity contribution in [2.45, 2.75) is 19.4 Å². The first-order valence-electron chi connectivity index (χ1n) is 15.8. The molecule has 2 aliphatic heterocycles. The topological polar surface area (TPSA) is 140 Å². The van der Waals surface area contributed by atoms with Gasteiger partial charge in [0, 0.05) is 22.5 Å². The molecule has 1 fully saturated rings. The maximum Gasteiger partial charge on any atom is 0.355 e. The molecule has 2 amide bonds. The zero-order chi connectivity index (χ0) is 35.6. The normalized spacial score (nSPS) is 18.2. The van der Waals surface area contributed by atoms with Crippen LogP contribution in [0.2, 0.25) is 0 Å². The molecule has 0 radical (unpaired) electrons. The van der Waals surface area contributed by atoms with Crippen LogP contribution in [0.3, 0.4) is 0 Å². The van der Waals surface area contributed by atoms with Gasteiger partial charge in [-0.05, 0) is 62.4 Å². The van der Waals surface area contributed by atoms with Crippen LogP contribution in [-0.4, -0.2) is 60.3 Å². The van der Waals surface area contributed by atoms with Crippen molar-refractivity contribution in [2.24, 2.45) is 0 Å².